The second-order valence-corrected chi connectivity index (χ2v) is 4.29. The van der Waals surface area contributed by atoms with Gasteiger partial charge in [0.25, 0.3) is 5.91 Å². The number of rotatable bonds is 5. The number of carboxylic acids is 1. The third kappa shape index (κ3) is 3.15. The van der Waals surface area contributed by atoms with E-state index in [1.54, 1.807) is 25.2 Å². The number of hydrogen-bond acceptors (Lipinski definition) is 4. The summed E-state index contributed by atoms with van der Waals surface area (Å²) in [5.74, 6) is 0.169. The van der Waals surface area contributed by atoms with Gasteiger partial charge in [0.05, 0.1) is 0 Å². The number of aliphatic carboxylic acids is 1. The minimum atomic E-state index is -0.857. The van der Waals surface area contributed by atoms with Crippen molar-refractivity contribution in [2.45, 2.75) is 12.8 Å². The Hall–Kier alpha value is -2.24. The quantitative estimate of drug-likeness (QED) is 0.869. The van der Waals surface area contributed by atoms with Crippen molar-refractivity contribution < 1.29 is 24.2 Å². The van der Waals surface area contributed by atoms with Crippen LogP contribution in [0.1, 0.15) is 23.2 Å². The molecular formula is C13H15NO5. The Morgan fingerprint density at radius 2 is 2.05 bits per heavy atom. The second-order valence-electron chi connectivity index (χ2n) is 4.29. The highest BCUT2D eigenvalue weighted by atomic mass is 16.7. The van der Waals surface area contributed by atoms with E-state index < -0.39 is 5.97 Å². The van der Waals surface area contributed by atoms with Crippen molar-refractivity contribution in [3.8, 4) is 11.5 Å². The Balaban J connectivity index is 1.97. The van der Waals surface area contributed by atoms with E-state index >= 15 is 0 Å². The van der Waals surface area contributed by atoms with Crippen LogP contribution in [0.3, 0.4) is 0 Å². The van der Waals surface area contributed by atoms with Crippen LogP contribution in [0.4, 0.5) is 0 Å². The van der Waals surface area contributed by atoms with Crippen LogP contribution in [0.2, 0.25) is 0 Å². The zero-order valence-electron chi connectivity index (χ0n) is 10.6. The van der Waals surface area contributed by atoms with Gasteiger partial charge in [0.1, 0.15) is 0 Å². The average Bonchev–Trinajstić information content (AvgIpc) is 2.84. The van der Waals surface area contributed by atoms with Gasteiger partial charge in [0.15, 0.2) is 11.5 Å². The molecule has 2 rings (SSSR count). The lowest BCUT2D eigenvalue weighted by atomic mass is 10.1. The molecule has 1 aromatic carbocycles. The molecule has 1 aliphatic rings. The van der Waals surface area contributed by atoms with Gasteiger partial charge in [-0.25, -0.2) is 0 Å². The van der Waals surface area contributed by atoms with Crippen molar-refractivity contribution >= 4 is 11.9 Å². The van der Waals surface area contributed by atoms with Crippen molar-refractivity contribution in [2.24, 2.45) is 0 Å². The first-order chi connectivity index (χ1) is 9.08. The molecule has 0 bridgehead atoms. The second kappa shape index (κ2) is 5.60. The summed E-state index contributed by atoms with van der Waals surface area (Å²) in [5, 5.41) is 8.55. The van der Waals surface area contributed by atoms with Crippen molar-refractivity contribution in [3.63, 3.8) is 0 Å². The number of benzene rings is 1. The lowest BCUT2D eigenvalue weighted by Crippen LogP contribution is -2.28. The molecule has 0 spiro atoms. The third-order valence-electron chi connectivity index (χ3n) is 2.85. The van der Waals surface area contributed by atoms with Gasteiger partial charge in [-0.1, -0.05) is 0 Å². The average molecular weight is 265 g/mol. The first-order valence-corrected chi connectivity index (χ1v) is 5.95. The van der Waals surface area contributed by atoms with Crippen LogP contribution in [0.5, 0.6) is 11.5 Å². The van der Waals surface area contributed by atoms with Crippen molar-refractivity contribution in [3.05, 3.63) is 23.8 Å². The summed E-state index contributed by atoms with van der Waals surface area (Å²) in [6.45, 7) is 0.570. The Labute approximate surface area is 110 Å². The Morgan fingerprint density at radius 1 is 1.32 bits per heavy atom. The first kappa shape index (κ1) is 13.2. The van der Waals surface area contributed by atoms with Crippen molar-refractivity contribution in [1.82, 2.24) is 4.90 Å². The van der Waals surface area contributed by atoms with E-state index in [1.165, 1.54) is 4.90 Å². The number of amides is 1. The zero-order chi connectivity index (χ0) is 13.8. The summed E-state index contributed by atoms with van der Waals surface area (Å²) in [6.07, 6.45) is 0.487. The van der Waals surface area contributed by atoms with Crippen molar-refractivity contribution in [1.29, 1.82) is 0 Å². The molecule has 0 aliphatic carbocycles. The van der Waals surface area contributed by atoms with E-state index in [0.29, 0.717) is 30.0 Å². The highest BCUT2D eigenvalue weighted by Gasteiger charge is 2.18. The van der Waals surface area contributed by atoms with E-state index in [0.717, 1.165) is 0 Å². The number of nitrogens with zero attached hydrogens (tertiary/aromatic N) is 1. The van der Waals surface area contributed by atoms with Crippen LogP contribution in [0.15, 0.2) is 18.2 Å². The zero-order valence-corrected chi connectivity index (χ0v) is 10.6. The van der Waals surface area contributed by atoms with E-state index in [2.05, 4.69) is 0 Å². The molecule has 0 fully saturated rings. The van der Waals surface area contributed by atoms with Gasteiger partial charge in [0.2, 0.25) is 6.79 Å². The molecule has 102 valence electrons. The van der Waals surface area contributed by atoms with E-state index in [1.807, 2.05) is 0 Å². The fraction of sp³-hybridized carbons (Fsp3) is 0.385. The molecule has 1 amide bonds. The standard InChI is InChI=1S/C13H15NO5/c1-14(6-2-3-12(15)16)13(17)9-4-5-10-11(7-9)19-8-18-10/h4-5,7H,2-3,6,8H2,1H3,(H,15,16). The van der Waals surface area contributed by atoms with Gasteiger partial charge in [-0.2, -0.15) is 0 Å². The van der Waals surface area contributed by atoms with Crippen LogP contribution in [0.25, 0.3) is 0 Å². The van der Waals surface area contributed by atoms with Crippen LogP contribution in [-0.4, -0.2) is 42.3 Å². The molecule has 0 saturated carbocycles. The molecule has 0 radical (unpaired) electrons. The molecule has 19 heavy (non-hydrogen) atoms. The number of ether oxygens (including phenoxy) is 2. The molecule has 0 atom stereocenters. The number of carboxylic acid groups (broad SMARTS) is 1. The molecule has 0 aromatic heterocycles. The number of hydrogen-bond donors (Lipinski definition) is 1. The van der Waals surface area contributed by atoms with Gasteiger partial charge >= 0.3 is 5.97 Å². The van der Waals surface area contributed by atoms with Crippen LogP contribution >= 0.6 is 0 Å². The smallest absolute Gasteiger partial charge is 0.303 e. The molecule has 1 aliphatic heterocycles. The summed E-state index contributed by atoms with van der Waals surface area (Å²) in [5.41, 5.74) is 0.502. The van der Waals surface area contributed by atoms with Gasteiger partial charge in [-0.3, -0.25) is 9.59 Å². The molecule has 0 saturated heterocycles. The summed E-state index contributed by atoms with van der Waals surface area (Å²) < 4.78 is 10.4. The van der Waals surface area contributed by atoms with Crippen LogP contribution in [0, 0.1) is 0 Å². The summed E-state index contributed by atoms with van der Waals surface area (Å²) in [4.78, 5) is 24.0. The van der Waals surface area contributed by atoms with Crippen molar-refractivity contribution in [2.75, 3.05) is 20.4 Å². The lowest BCUT2D eigenvalue weighted by Gasteiger charge is -2.16. The van der Waals surface area contributed by atoms with Gasteiger partial charge in [0, 0.05) is 25.6 Å². The SMILES string of the molecule is CN(CCCC(=O)O)C(=O)c1ccc2c(c1)OCO2. The molecule has 6 nitrogen and oxygen atoms in total. The third-order valence-corrected chi connectivity index (χ3v) is 2.85. The fourth-order valence-electron chi connectivity index (χ4n) is 1.82. The van der Waals surface area contributed by atoms with Crippen LogP contribution < -0.4 is 9.47 Å². The van der Waals surface area contributed by atoms with Gasteiger partial charge in [-0.15, -0.1) is 0 Å². The summed E-state index contributed by atoms with van der Waals surface area (Å²) in [7, 11) is 1.65. The largest absolute Gasteiger partial charge is 0.481 e. The molecule has 1 heterocycles. The van der Waals surface area contributed by atoms with Gasteiger partial charge < -0.3 is 19.5 Å². The Bertz CT molecular complexity index is 500. The molecule has 1 N–H and O–H groups in total. The van der Waals surface area contributed by atoms with E-state index in [4.69, 9.17) is 14.6 Å². The lowest BCUT2D eigenvalue weighted by molar-refractivity contribution is -0.137. The Morgan fingerprint density at radius 3 is 2.79 bits per heavy atom. The molecule has 1 aromatic rings. The maximum absolute atomic E-state index is 12.1. The monoisotopic (exact) mass is 265 g/mol. The van der Waals surface area contributed by atoms with E-state index in [9.17, 15) is 9.59 Å². The predicted molar refractivity (Wildman–Crippen MR) is 66.4 cm³/mol. The Kier molecular flexibility index (Phi) is 3.89. The first-order valence-electron chi connectivity index (χ1n) is 5.95. The normalized spacial score (nSPS) is 12.3. The summed E-state index contributed by atoms with van der Waals surface area (Å²) in [6, 6.07) is 5.00. The predicted octanol–water partition coefficient (Wildman–Crippen LogP) is 1.35. The highest BCUT2D eigenvalue weighted by molar-refractivity contribution is 5.94. The maximum Gasteiger partial charge on any atom is 0.303 e. The maximum atomic E-state index is 12.1. The topological polar surface area (TPSA) is 76.1 Å². The number of fused-ring (bicyclic) bond motifs is 1. The molecule has 0 unspecified atom stereocenters. The van der Waals surface area contributed by atoms with Crippen LogP contribution in [-0.2, 0) is 4.79 Å². The van der Waals surface area contributed by atoms with Gasteiger partial charge in [-0.05, 0) is 24.6 Å². The minimum Gasteiger partial charge on any atom is -0.481 e. The molecule has 6 heteroatoms. The number of carbonyl (C=O) groups excluding carboxylic acids is 1. The highest BCUT2D eigenvalue weighted by Crippen LogP contribution is 2.32. The minimum absolute atomic E-state index is 0.0543. The fourth-order valence-corrected chi connectivity index (χ4v) is 1.82. The molecular weight excluding hydrogens is 250 g/mol. The van der Waals surface area contributed by atoms with E-state index in [-0.39, 0.29) is 19.1 Å². The number of carbonyl (C=O) groups is 2. The summed E-state index contributed by atoms with van der Waals surface area (Å²) >= 11 is 0.